The highest BCUT2D eigenvalue weighted by atomic mass is 35.5. The van der Waals surface area contributed by atoms with Gasteiger partial charge in [0.25, 0.3) is 0 Å². The lowest BCUT2D eigenvalue weighted by Gasteiger charge is -2.35. The van der Waals surface area contributed by atoms with Crippen molar-refractivity contribution in [2.75, 3.05) is 13.2 Å². The number of fused-ring (bicyclic) bond motifs is 1. The number of benzene rings is 3. The second kappa shape index (κ2) is 9.67. The van der Waals surface area contributed by atoms with Crippen LogP contribution >= 0.6 is 11.6 Å². The van der Waals surface area contributed by atoms with Crippen LogP contribution in [-0.4, -0.2) is 25.3 Å². The van der Waals surface area contributed by atoms with E-state index in [9.17, 15) is 9.59 Å². The van der Waals surface area contributed by atoms with Crippen molar-refractivity contribution in [3.63, 3.8) is 0 Å². The molecule has 33 heavy (non-hydrogen) atoms. The zero-order chi connectivity index (χ0) is 23.4. The van der Waals surface area contributed by atoms with Gasteiger partial charge in [-0.3, -0.25) is 4.79 Å². The summed E-state index contributed by atoms with van der Waals surface area (Å²) in [6, 6.07) is 19.9. The average Bonchev–Trinajstić information content (AvgIpc) is 3.12. The minimum atomic E-state index is -1.47. The van der Waals surface area contributed by atoms with E-state index in [1.165, 1.54) is 0 Å². The number of rotatable bonds is 9. The van der Waals surface area contributed by atoms with Crippen molar-refractivity contribution in [2.45, 2.75) is 31.8 Å². The number of carbonyl (C=O) groups is 2. The Bertz CT molecular complexity index is 1140. The van der Waals surface area contributed by atoms with Gasteiger partial charge in [-0.15, -0.1) is 0 Å². The van der Waals surface area contributed by atoms with E-state index in [-0.39, 0.29) is 12.2 Å². The Hall–Kier alpha value is -3.31. The van der Waals surface area contributed by atoms with E-state index in [1.54, 1.807) is 36.4 Å². The van der Waals surface area contributed by atoms with Crippen LogP contribution in [-0.2, 0) is 10.4 Å². The summed E-state index contributed by atoms with van der Waals surface area (Å²) in [5, 5.41) is 0.539. The second-order valence-corrected chi connectivity index (χ2v) is 8.14. The van der Waals surface area contributed by atoms with Crippen molar-refractivity contribution in [1.82, 2.24) is 0 Å². The van der Waals surface area contributed by atoms with Crippen LogP contribution < -0.4 is 14.2 Å². The summed E-state index contributed by atoms with van der Waals surface area (Å²) in [7, 11) is 0. The summed E-state index contributed by atoms with van der Waals surface area (Å²) in [6.07, 6.45) is 0.915. The van der Waals surface area contributed by atoms with Crippen molar-refractivity contribution >= 4 is 23.7 Å². The van der Waals surface area contributed by atoms with E-state index in [1.807, 2.05) is 44.2 Å². The van der Waals surface area contributed by atoms with E-state index < -0.39 is 11.5 Å². The van der Waals surface area contributed by atoms with Gasteiger partial charge in [-0.25, -0.2) is 0 Å². The monoisotopic (exact) mass is 464 g/mol. The molecule has 1 unspecified atom stereocenters. The number of Topliss-reactive ketones (excluding diaryl/α,β-unsaturated/α-hetero) is 1. The molecule has 0 spiro atoms. The second-order valence-electron chi connectivity index (χ2n) is 7.70. The smallest absolute Gasteiger partial charge is 0.219 e. The Morgan fingerprint density at radius 2 is 1.70 bits per heavy atom. The zero-order valence-corrected chi connectivity index (χ0v) is 19.3. The van der Waals surface area contributed by atoms with E-state index in [4.69, 9.17) is 25.8 Å². The molecule has 0 saturated heterocycles. The third kappa shape index (κ3) is 4.09. The van der Waals surface area contributed by atoms with Crippen LogP contribution in [0.4, 0.5) is 0 Å². The molecule has 170 valence electrons. The molecule has 0 aromatic heterocycles. The molecule has 0 bridgehead atoms. The summed E-state index contributed by atoms with van der Waals surface area (Å²) in [5.41, 5.74) is 0.321. The molecule has 1 heterocycles. The van der Waals surface area contributed by atoms with Gasteiger partial charge in [0.15, 0.2) is 0 Å². The van der Waals surface area contributed by atoms with Gasteiger partial charge in [0, 0.05) is 35.1 Å². The lowest BCUT2D eigenvalue weighted by atomic mass is 9.72. The van der Waals surface area contributed by atoms with Gasteiger partial charge in [-0.05, 0) is 31.5 Å². The molecule has 1 aliphatic heterocycles. The number of ether oxygens (including phenoxy) is 3. The first-order valence-corrected chi connectivity index (χ1v) is 11.3. The molecule has 0 aliphatic carbocycles. The van der Waals surface area contributed by atoms with Crippen LogP contribution in [0.3, 0.4) is 0 Å². The van der Waals surface area contributed by atoms with E-state index >= 15 is 0 Å². The van der Waals surface area contributed by atoms with Crippen molar-refractivity contribution in [3.8, 4) is 17.2 Å². The normalized spacial score (nSPS) is 17.7. The fraction of sp³-hybridized carbons (Fsp3) is 0.259. The van der Waals surface area contributed by atoms with Gasteiger partial charge in [0.1, 0.15) is 29.1 Å². The first kappa shape index (κ1) is 22.9. The van der Waals surface area contributed by atoms with Gasteiger partial charge < -0.3 is 19.0 Å². The van der Waals surface area contributed by atoms with Crippen LogP contribution in [0.15, 0.2) is 66.7 Å². The maximum absolute atomic E-state index is 14.3. The predicted molar refractivity (Wildman–Crippen MR) is 127 cm³/mol. The highest BCUT2D eigenvalue weighted by Gasteiger charge is 2.56. The van der Waals surface area contributed by atoms with Gasteiger partial charge in [0.05, 0.1) is 13.2 Å². The Balaban J connectivity index is 1.97. The number of ketones is 1. The third-order valence-corrected chi connectivity index (χ3v) is 6.04. The highest BCUT2D eigenvalue weighted by molar-refractivity contribution is 6.30. The van der Waals surface area contributed by atoms with Gasteiger partial charge >= 0.3 is 0 Å². The molecule has 0 saturated carbocycles. The lowest BCUT2D eigenvalue weighted by molar-refractivity contribution is -0.109. The minimum Gasteiger partial charge on any atom is -0.494 e. The SMILES string of the molecule is CCOc1cc(OCC)c2c(c1)O[C@](c1ccc(Cl)cc1)(C(CC=O)c1ccccc1)C2=O. The molecule has 0 amide bonds. The minimum absolute atomic E-state index is 0.0919. The fourth-order valence-corrected chi connectivity index (χ4v) is 4.56. The van der Waals surface area contributed by atoms with Gasteiger partial charge in [-0.1, -0.05) is 54.1 Å². The van der Waals surface area contributed by atoms with E-state index in [0.717, 1.165) is 11.8 Å². The van der Waals surface area contributed by atoms with Crippen LogP contribution in [0.2, 0.25) is 5.02 Å². The summed E-state index contributed by atoms with van der Waals surface area (Å²) < 4.78 is 18.1. The Morgan fingerprint density at radius 3 is 2.33 bits per heavy atom. The molecule has 1 aliphatic rings. The number of halogens is 1. The fourth-order valence-electron chi connectivity index (χ4n) is 4.43. The molecule has 3 aromatic rings. The summed E-state index contributed by atoms with van der Waals surface area (Å²) in [6.45, 7) is 4.57. The largest absolute Gasteiger partial charge is 0.494 e. The Morgan fingerprint density at radius 1 is 1.00 bits per heavy atom. The van der Waals surface area contributed by atoms with E-state index in [2.05, 4.69) is 0 Å². The number of carbonyl (C=O) groups excluding carboxylic acids is 2. The lowest BCUT2D eigenvalue weighted by Crippen LogP contribution is -2.43. The molecule has 3 aromatic carbocycles. The topological polar surface area (TPSA) is 61.8 Å². The van der Waals surface area contributed by atoms with E-state index in [0.29, 0.717) is 46.6 Å². The van der Waals surface area contributed by atoms with Crippen LogP contribution in [0.1, 0.15) is 47.7 Å². The number of hydrogen-bond donors (Lipinski definition) is 0. The molecule has 4 rings (SSSR count). The molecule has 0 N–H and O–H groups in total. The van der Waals surface area contributed by atoms with Crippen LogP contribution in [0.5, 0.6) is 17.2 Å². The quantitative estimate of drug-likeness (QED) is 0.364. The number of hydrogen-bond acceptors (Lipinski definition) is 5. The summed E-state index contributed by atoms with van der Waals surface area (Å²) in [4.78, 5) is 26.1. The van der Waals surface area contributed by atoms with Gasteiger partial charge in [-0.2, -0.15) is 0 Å². The van der Waals surface area contributed by atoms with Crippen molar-refractivity contribution in [2.24, 2.45) is 0 Å². The van der Waals surface area contributed by atoms with Crippen LogP contribution in [0.25, 0.3) is 0 Å². The molecule has 0 radical (unpaired) electrons. The third-order valence-electron chi connectivity index (χ3n) is 5.78. The maximum Gasteiger partial charge on any atom is 0.219 e. The Labute approximate surface area is 198 Å². The molecule has 2 atom stereocenters. The predicted octanol–water partition coefficient (Wildman–Crippen LogP) is 5.98. The number of aldehydes is 1. The molecular weight excluding hydrogens is 440 g/mol. The molecule has 5 nitrogen and oxygen atoms in total. The van der Waals surface area contributed by atoms with Crippen LogP contribution in [0, 0.1) is 0 Å². The van der Waals surface area contributed by atoms with Crippen molar-refractivity contribution < 1.29 is 23.8 Å². The highest BCUT2D eigenvalue weighted by Crippen LogP contribution is 2.54. The van der Waals surface area contributed by atoms with Crippen molar-refractivity contribution in [3.05, 3.63) is 88.4 Å². The standard InChI is InChI=1S/C27H25ClO5/c1-3-31-21-16-23(32-4-2)25-24(17-21)33-27(26(25)30,19-10-12-20(28)13-11-19)22(14-15-29)18-8-6-5-7-9-18/h5-13,15-17,22H,3-4,14H2,1-2H3/t22?,27-/m1/s1. The Kier molecular flexibility index (Phi) is 6.70. The van der Waals surface area contributed by atoms with Crippen molar-refractivity contribution in [1.29, 1.82) is 0 Å². The van der Waals surface area contributed by atoms with Gasteiger partial charge in [0.2, 0.25) is 11.4 Å². The molecular formula is C27H25ClO5. The molecule has 6 heteroatoms. The molecule has 0 fully saturated rings. The zero-order valence-electron chi connectivity index (χ0n) is 18.5. The maximum atomic E-state index is 14.3. The summed E-state index contributed by atoms with van der Waals surface area (Å²) >= 11 is 6.15. The summed E-state index contributed by atoms with van der Waals surface area (Å²) in [5.74, 6) is 0.490. The first-order chi connectivity index (χ1) is 16.0. The first-order valence-electron chi connectivity index (χ1n) is 11.0. The average molecular weight is 465 g/mol.